The Bertz CT molecular complexity index is 1120. The van der Waals surface area contributed by atoms with E-state index in [4.69, 9.17) is 9.26 Å². The number of ether oxygens (including phenoxy) is 1. The van der Waals surface area contributed by atoms with Gasteiger partial charge in [-0.05, 0) is 42.0 Å². The average molecular weight is 381 g/mol. The molecule has 0 aliphatic carbocycles. The molecular weight excluding hydrogens is 368 g/mol. The Balaban J connectivity index is 1.41. The van der Waals surface area contributed by atoms with Crippen LogP contribution in [0.15, 0.2) is 53.1 Å². The molecule has 0 saturated carbocycles. The van der Waals surface area contributed by atoms with Crippen molar-refractivity contribution in [3.8, 4) is 23.0 Å². The molecule has 7 nitrogen and oxygen atoms in total. The standard InChI is InChI=1S/C19H13F2N5O2/c20-13-5-1-11(2-6-13)16-9-26-15(10-27-16)17(23-25-26)19-22-18(24-28-19)12-3-7-14(21)8-4-12/h1-8,16H,9-10H2/t16-/m1/s1. The van der Waals surface area contributed by atoms with E-state index < -0.39 is 0 Å². The van der Waals surface area contributed by atoms with E-state index >= 15 is 0 Å². The molecule has 1 aliphatic heterocycles. The van der Waals surface area contributed by atoms with Crippen LogP contribution in [0.1, 0.15) is 17.4 Å². The summed E-state index contributed by atoms with van der Waals surface area (Å²) < 4.78 is 39.1. The van der Waals surface area contributed by atoms with Crippen molar-refractivity contribution in [3.05, 3.63) is 71.4 Å². The van der Waals surface area contributed by atoms with E-state index in [-0.39, 0.29) is 30.2 Å². The predicted molar refractivity (Wildman–Crippen MR) is 92.6 cm³/mol. The zero-order chi connectivity index (χ0) is 19.1. The third kappa shape index (κ3) is 2.95. The largest absolute Gasteiger partial charge is 0.365 e. The van der Waals surface area contributed by atoms with Crippen LogP contribution in [-0.4, -0.2) is 25.1 Å². The number of rotatable bonds is 3. The molecular formula is C19H13F2N5O2. The summed E-state index contributed by atoms with van der Waals surface area (Å²) >= 11 is 0. The van der Waals surface area contributed by atoms with Crippen molar-refractivity contribution in [1.29, 1.82) is 0 Å². The fraction of sp³-hybridized carbons (Fsp3) is 0.158. The lowest BCUT2D eigenvalue weighted by atomic mass is 10.1. The second-order valence-corrected chi connectivity index (χ2v) is 6.35. The van der Waals surface area contributed by atoms with Crippen LogP contribution in [0.3, 0.4) is 0 Å². The minimum absolute atomic E-state index is 0.212. The minimum Gasteiger partial charge on any atom is -0.365 e. The van der Waals surface area contributed by atoms with Crippen LogP contribution in [0.4, 0.5) is 8.78 Å². The van der Waals surface area contributed by atoms with Gasteiger partial charge in [0.1, 0.15) is 17.7 Å². The highest BCUT2D eigenvalue weighted by Crippen LogP contribution is 2.31. The minimum atomic E-state index is -0.340. The molecule has 0 N–H and O–H groups in total. The van der Waals surface area contributed by atoms with Gasteiger partial charge < -0.3 is 9.26 Å². The third-order valence-corrected chi connectivity index (χ3v) is 4.57. The lowest BCUT2D eigenvalue weighted by Crippen LogP contribution is -2.22. The molecule has 0 radical (unpaired) electrons. The molecule has 1 atom stereocenters. The summed E-state index contributed by atoms with van der Waals surface area (Å²) in [5.41, 5.74) is 2.65. The molecule has 28 heavy (non-hydrogen) atoms. The highest BCUT2D eigenvalue weighted by Gasteiger charge is 2.28. The van der Waals surface area contributed by atoms with Crippen LogP contribution in [0.25, 0.3) is 23.0 Å². The average Bonchev–Trinajstić information content (AvgIpc) is 3.35. The molecule has 3 heterocycles. The van der Waals surface area contributed by atoms with E-state index in [1.54, 1.807) is 28.9 Å². The molecule has 0 amide bonds. The van der Waals surface area contributed by atoms with Gasteiger partial charge in [-0.1, -0.05) is 22.5 Å². The number of benzene rings is 2. The number of fused-ring (bicyclic) bond motifs is 1. The number of hydrogen-bond acceptors (Lipinski definition) is 6. The number of nitrogens with zero attached hydrogens (tertiary/aromatic N) is 5. The Labute approximate surface area is 157 Å². The van der Waals surface area contributed by atoms with Gasteiger partial charge >= 0.3 is 0 Å². The van der Waals surface area contributed by atoms with Crippen molar-refractivity contribution in [2.75, 3.05) is 0 Å². The van der Waals surface area contributed by atoms with Crippen molar-refractivity contribution >= 4 is 0 Å². The molecule has 2 aromatic heterocycles. The Morgan fingerprint density at radius 3 is 2.43 bits per heavy atom. The Morgan fingerprint density at radius 2 is 1.68 bits per heavy atom. The van der Waals surface area contributed by atoms with Gasteiger partial charge in [-0.15, -0.1) is 5.10 Å². The van der Waals surface area contributed by atoms with Gasteiger partial charge in [0, 0.05) is 5.56 Å². The van der Waals surface area contributed by atoms with Crippen LogP contribution in [-0.2, 0) is 17.9 Å². The van der Waals surface area contributed by atoms with Gasteiger partial charge in [0.15, 0.2) is 5.69 Å². The molecule has 5 rings (SSSR count). The Kier molecular flexibility index (Phi) is 3.94. The number of aromatic nitrogens is 5. The molecule has 0 fully saturated rings. The fourth-order valence-corrected chi connectivity index (χ4v) is 3.09. The summed E-state index contributed by atoms with van der Waals surface area (Å²) in [5.74, 6) is -0.0913. The van der Waals surface area contributed by atoms with E-state index in [1.807, 2.05) is 0 Å². The second-order valence-electron chi connectivity index (χ2n) is 6.35. The molecule has 2 aromatic carbocycles. The highest BCUT2D eigenvalue weighted by molar-refractivity contribution is 5.58. The summed E-state index contributed by atoms with van der Waals surface area (Å²) in [7, 11) is 0. The van der Waals surface area contributed by atoms with Crippen LogP contribution < -0.4 is 0 Å². The van der Waals surface area contributed by atoms with E-state index in [0.717, 1.165) is 5.56 Å². The molecule has 0 saturated heterocycles. The van der Waals surface area contributed by atoms with Crippen LogP contribution in [0.2, 0.25) is 0 Å². The quantitative estimate of drug-likeness (QED) is 0.540. The number of hydrogen-bond donors (Lipinski definition) is 0. The SMILES string of the molecule is Fc1ccc(-c2noc(-c3nnn4c3CO[C@@H](c3ccc(F)cc3)C4)n2)cc1. The van der Waals surface area contributed by atoms with Gasteiger partial charge in [-0.25, -0.2) is 13.5 Å². The summed E-state index contributed by atoms with van der Waals surface area (Å²) in [4.78, 5) is 4.33. The van der Waals surface area contributed by atoms with Crippen LogP contribution >= 0.6 is 0 Å². The van der Waals surface area contributed by atoms with Crippen molar-refractivity contribution < 1.29 is 18.0 Å². The maximum Gasteiger partial charge on any atom is 0.280 e. The van der Waals surface area contributed by atoms with Crippen molar-refractivity contribution in [2.24, 2.45) is 0 Å². The Hall–Kier alpha value is -3.46. The first-order valence-electron chi connectivity index (χ1n) is 8.57. The van der Waals surface area contributed by atoms with Crippen LogP contribution in [0, 0.1) is 11.6 Å². The topological polar surface area (TPSA) is 78.9 Å². The molecule has 140 valence electrons. The van der Waals surface area contributed by atoms with Crippen molar-refractivity contribution in [1.82, 2.24) is 25.1 Å². The summed E-state index contributed by atoms with van der Waals surface area (Å²) in [6.45, 7) is 0.686. The predicted octanol–water partition coefficient (Wildman–Crippen LogP) is 3.54. The maximum atomic E-state index is 13.1. The first-order valence-corrected chi connectivity index (χ1v) is 8.57. The zero-order valence-electron chi connectivity index (χ0n) is 14.4. The second kappa shape index (κ2) is 6.61. The van der Waals surface area contributed by atoms with Gasteiger partial charge in [0.2, 0.25) is 5.82 Å². The normalized spacial score (nSPS) is 16.1. The smallest absolute Gasteiger partial charge is 0.280 e. The Morgan fingerprint density at radius 1 is 0.964 bits per heavy atom. The van der Waals surface area contributed by atoms with E-state index in [1.165, 1.54) is 24.3 Å². The molecule has 0 unspecified atom stereocenters. The molecule has 9 heteroatoms. The van der Waals surface area contributed by atoms with Gasteiger partial charge in [0.25, 0.3) is 5.89 Å². The fourth-order valence-electron chi connectivity index (χ4n) is 3.09. The highest BCUT2D eigenvalue weighted by atomic mass is 19.1. The summed E-state index contributed by atoms with van der Waals surface area (Å²) in [6.07, 6.45) is -0.250. The van der Waals surface area contributed by atoms with E-state index in [9.17, 15) is 8.78 Å². The maximum absolute atomic E-state index is 13.1. The van der Waals surface area contributed by atoms with Gasteiger partial charge in [-0.2, -0.15) is 4.98 Å². The lowest BCUT2D eigenvalue weighted by Gasteiger charge is -2.24. The molecule has 1 aliphatic rings. The van der Waals surface area contributed by atoms with Gasteiger partial charge in [-0.3, -0.25) is 0 Å². The lowest BCUT2D eigenvalue weighted by molar-refractivity contribution is -0.00120. The number of halogens is 2. The first kappa shape index (κ1) is 16.7. The van der Waals surface area contributed by atoms with Crippen molar-refractivity contribution in [3.63, 3.8) is 0 Å². The molecule has 0 bridgehead atoms. The van der Waals surface area contributed by atoms with Crippen LogP contribution in [0.5, 0.6) is 0 Å². The van der Waals surface area contributed by atoms with Crippen molar-refractivity contribution in [2.45, 2.75) is 19.3 Å². The molecule has 0 spiro atoms. The monoisotopic (exact) mass is 381 g/mol. The third-order valence-electron chi connectivity index (χ3n) is 4.57. The van der Waals surface area contributed by atoms with E-state index in [2.05, 4.69) is 20.5 Å². The first-order chi connectivity index (χ1) is 13.7. The van der Waals surface area contributed by atoms with E-state index in [0.29, 0.717) is 29.3 Å². The van der Waals surface area contributed by atoms with Gasteiger partial charge in [0.05, 0.1) is 18.8 Å². The summed E-state index contributed by atoms with van der Waals surface area (Å²) in [6, 6.07) is 12.0. The summed E-state index contributed by atoms with van der Waals surface area (Å²) in [5, 5.41) is 12.2. The zero-order valence-corrected chi connectivity index (χ0v) is 14.4. The molecule has 4 aromatic rings.